The molecule has 1 aromatic rings. The van der Waals surface area contributed by atoms with Gasteiger partial charge in [0.15, 0.2) is 0 Å². The Bertz CT molecular complexity index is 408. The Kier molecular flexibility index (Phi) is 5.45. The first kappa shape index (κ1) is 14.6. The SMILES string of the molecule is CNC(Cc1cc(Cl)ccc1OC)C1COCCO1. The lowest BCUT2D eigenvalue weighted by atomic mass is 10.0. The van der Waals surface area contributed by atoms with E-state index in [1.54, 1.807) is 7.11 Å². The maximum atomic E-state index is 6.05. The lowest BCUT2D eigenvalue weighted by Crippen LogP contribution is -2.46. The van der Waals surface area contributed by atoms with E-state index in [1.807, 2.05) is 25.2 Å². The fourth-order valence-electron chi connectivity index (χ4n) is 2.30. The quantitative estimate of drug-likeness (QED) is 0.897. The molecule has 19 heavy (non-hydrogen) atoms. The number of benzene rings is 1. The van der Waals surface area contributed by atoms with Gasteiger partial charge in [-0.3, -0.25) is 0 Å². The highest BCUT2D eigenvalue weighted by atomic mass is 35.5. The first-order valence-corrected chi connectivity index (χ1v) is 6.81. The van der Waals surface area contributed by atoms with Crippen LogP contribution in [0.3, 0.4) is 0 Å². The molecule has 0 spiro atoms. The first-order valence-electron chi connectivity index (χ1n) is 6.43. The van der Waals surface area contributed by atoms with Crippen molar-refractivity contribution in [1.82, 2.24) is 5.32 Å². The minimum atomic E-state index is 0.0578. The third kappa shape index (κ3) is 3.83. The normalized spacial score (nSPS) is 21.1. The molecule has 0 bridgehead atoms. The Hall–Kier alpha value is -0.810. The summed E-state index contributed by atoms with van der Waals surface area (Å²) in [6.07, 6.45) is 0.844. The molecule has 1 saturated heterocycles. The van der Waals surface area contributed by atoms with E-state index in [9.17, 15) is 0 Å². The van der Waals surface area contributed by atoms with Gasteiger partial charge < -0.3 is 19.5 Å². The Morgan fingerprint density at radius 1 is 1.47 bits per heavy atom. The van der Waals surface area contributed by atoms with Crippen LogP contribution in [0.25, 0.3) is 0 Å². The molecule has 1 fully saturated rings. The lowest BCUT2D eigenvalue weighted by molar-refractivity contribution is -0.100. The molecule has 106 valence electrons. The number of hydrogen-bond acceptors (Lipinski definition) is 4. The predicted molar refractivity (Wildman–Crippen MR) is 75.1 cm³/mol. The van der Waals surface area contributed by atoms with Gasteiger partial charge in [-0.2, -0.15) is 0 Å². The van der Waals surface area contributed by atoms with Crippen LogP contribution in [0.5, 0.6) is 5.75 Å². The van der Waals surface area contributed by atoms with Crippen LogP contribution in [0.15, 0.2) is 18.2 Å². The van der Waals surface area contributed by atoms with Crippen molar-refractivity contribution in [3.8, 4) is 5.75 Å². The Morgan fingerprint density at radius 2 is 2.32 bits per heavy atom. The van der Waals surface area contributed by atoms with Crippen molar-refractivity contribution in [3.05, 3.63) is 28.8 Å². The van der Waals surface area contributed by atoms with Gasteiger partial charge in [0.1, 0.15) is 5.75 Å². The minimum absolute atomic E-state index is 0.0578. The van der Waals surface area contributed by atoms with E-state index in [2.05, 4.69) is 5.32 Å². The number of ether oxygens (including phenoxy) is 3. The third-order valence-corrected chi connectivity index (χ3v) is 3.58. The van der Waals surface area contributed by atoms with E-state index >= 15 is 0 Å². The minimum Gasteiger partial charge on any atom is -0.496 e. The van der Waals surface area contributed by atoms with E-state index in [0.29, 0.717) is 24.8 Å². The molecule has 0 aliphatic carbocycles. The molecule has 2 unspecified atom stereocenters. The van der Waals surface area contributed by atoms with Gasteiger partial charge in [-0.1, -0.05) is 11.6 Å². The maximum Gasteiger partial charge on any atom is 0.122 e. The number of methoxy groups -OCH3 is 1. The highest BCUT2D eigenvalue weighted by molar-refractivity contribution is 6.30. The fourth-order valence-corrected chi connectivity index (χ4v) is 2.50. The summed E-state index contributed by atoms with van der Waals surface area (Å²) in [5.41, 5.74) is 1.07. The number of hydrogen-bond donors (Lipinski definition) is 1. The molecule has 1 aliphatic rings. The number of nitrogens with one attached hydrogen (secondary N) is 1. The van der Waals surface area contributed by atoms with Crippen LogP contribution in [-0.2, 0) is 15.9 Å². The summed E-state index contributed by atoms with van der Waals surface area (Å²) in [7, 11) is 3.60. The number of rotatable bonds is 5. The summed E-state index contributed by atoms with van der Waals surface area (Å²) in [5, 5.41) is 4.00. The van der Waals surface area contributed by atoms with E-state index in [1.165, 1.54) is 0 Å². The van der Waals surface area contributed by atoms with E-state index in [-0.39, 0.29) is 12.1 Å². The van der Waals surface area contributed by atoms with Gasteiger partial charge in [-0.25, -0.2) is 0 Å². The lowest BCUT2D eigenvalue weighted by Gasteiger charge is -2.30. The zero-order valence-electron chi connectivity index (χ0n) is 11.3. The van der Waals surface area contributed by atoms with Crippen LogP contribution in [0.2, 0.25) is 5.02 Å². The maximum absolute atomic E-state index is 6.05. The smallest absolute Gasteiger partial charge is 0.122 e. The Balaban J connectivity index is 2.10. The first-order chi connectivity index (χ1) is 9.24. The molecular formula is C14H20ClNO3. The van der Waals surface area contributed by atoms with E-state index in [0.717, 1.165) is 17.7 Å². The average Bonchev–Trinajstić information content (AvgIpc) is 2.46. The highest BCUT2D eigenvalue weighted by Gasteiger charge is 2.25. The Morgan fingerprint density at radius 3 is 2.95 bits per heavy atom. The molecule has 1 N–H and O–H groups in total. The zero-order valence-corrected chi connectivity index (χ0v) is 12.1. The predicted octanol–water partition coefficient (Wildman–Crippen LogP) is 1.89. The molecule has 1 aliphatic heterocycles. The van der Waals surface area contributed by atoms with Gasteiger partial charge in [-0.05, 0) is 37.2 Å². The highest BCUT2D eigenvalue weighted by Crippen LogP contribution is 2.25. The second-order valence-corrected chi connectivity index (χ2v) is 4.98. The van der Waals surface area contributed by atoms with Crippen LogP contribution in [0.1, 0.15) is 5.56 Å². The second kappa shape index (κ2) is 7.10. The summed E-state index contributed by atoms with van der Waals surface area (Å²) in [6.45, 7) is 1.94. The van der Waals surface area contributed by atoms with Crippen LogP contribution in [0, 0.1) is 0 Å². The van der Waals surface area contributed by atoms with Crippen LogP contribution in [0.4, 0.5) is 0 Å². The molecule has 2 atom stereocenters. The van der Waals surface area contributed by atoms with Crippen molar-refractivity contribution < 1.29 is 14.2 Å². The molecule has 1 heterocycles. The van der Waals surface area contributed by atoms with Gasteiger partial charge in [0, 0.05) is 11.1 Å². The topological polar surface area (TPSA) is 39.7 Å². The molecule has 0 radical (unpaired) electrons. The van der Waals surface area contributed by atoms with E-state index < -0.39 is 0 Å². The monoisotopic (exact) mass is 285 g/mol. The summed E-state index contributed by atoms with van der Waals surface area (Å²) in [4.78, 5) is 0. The van der Waals surface area contributed by atoms with Gasteiger partial charge in [0.25, 0.3) is 0 Å². The summed E-state index contributed by atoms with van der Waals surface area (Å²) in [6, 6.07) is 5.84. The average molecular weight is 286 g/mol. The number of halogens is 1. The van der Waals surface area contributed by atoms with Gasteiger partial charge >= 0.3 is 0 Å². The standard InChI is InChI=1S/C14H20ClNO3/c1-16-12(14-9-18-5-6-19-14)8-10-7-11(15)3-4-13(10)17-2/h3-4,7,12,14,16H,5-6,8-9H2,1-2H3. The van der Waals surface area contributed by atoms with Crippen molar-refractivity contribution in [3.63, 3.8) is 0 Å². The Labute approximate surface area is 119 Å². The van der Waals surface area contributed by atoms with Gasteiger partial charge in [-0.15, -0.1) is 0 Å². The summed E-state index contributed by atoms with van der Waals surface area (Å²) < 4.78 is 16.6. The van der Waals surface area contributed by atoms with Crippen molar-refractivity contribution in [2.24, 2.45) is 0 Å². The summed E-state index contributed by atoms with van der Waals surface area (Å²) >= 11 is 6.05. The van der Waals surface area contributed by atoms with Crippen LogP contribution in [-0.4, -0.2) is 46.1 Å². The summed E-state index contributed by atoms with van der Waals surface area (Å²) in [5.74, 6) is 0.848. The molecule has 0 amide bonds. The van der Waals surface area contributed by atoms with Crippen molar-refractivity contribution in [2.45, 2.75) is 18.6 Å². The van der Waals surface area contributed by atoms with Crippen LogP contribution < -0.4 is 10.1 Å². The molecule has 5 heteroatoms. The van der Waals surface area contributed by atoms with E-state index in [4.69, 9.17) is 25.8 Å². The van der Waals surface area contributed by atoms with Gasteiger partial charge in [0.05, 0.1) is 33.0 Å². The second-order valence-electron chi connectivity index (χ2n) is 4.54. The largest absolute Gasteiger partial charge is 0.496 e. The van der Waals surface area contributed by atoms with Crippen molar-refractivity contribution >= 4 is 11.6 Å². The van der Waals surface area contributed by atoms with Crippen molar-refractivity contribution in [2.75, 3.05) is 34.0 Å². The molecular weight excluding hydrogens is 266 g/mol. The molecule has 2 rings (SSSR count). The van der Waals surface area contributed by atoms with Crippen LogP contribution >= 0.6 is 11.6 Å². The molecule has 0 aromatic heterocycles. The molecule has 1 aromatic carbocycles. The van der Waals surface area contributed by atoms with Crippen molar-refractivity contribution in [1.29, 1.82) is 0 Å². The van der Waals surface area contributed by atoms with Gasteiger partial charge in [0.2, 0.25) is 0 Å². The number of likely N-dealkylation sites (N-methyl/N-ethyl adjacent to an activating group) is 1. The molecule has 0 saturated carbocycles. The fraction of sp³-hybridized carbons (Fsp3) is 0.571. The third-order valence-electron chi connectivity index (χ3n) is 3.34. The molecule has 4 nitrogen and oxygen atoms in total. The zero-order chi connectivity index (χ0) is 13.7.